The fraction of sp³-hybridized carbons (Fsp3) is 0.353. The summed E-state index contributed by atoms with van der Waals surface area (Å²) >= 11 is 12.4. The molecule has 4 aliphatic rings. The third kappa shape index (κ3) is 6.53. The number of imide groups is 1. The molecule has 4 N–H and O–H groups in total. The zero-order valence-corrected chi connectivity index (χ0v) is 30.4. The van der Waals surface area contributed by atoms with Gasteiger partial charge in [0, 0.05) is 61.6 Å². The second-order valence-corrected chi connectivity index (χ2v) is 16.1. The van der Waals surface area contributed by atoms with Crippen molar-refractivity contribution in [1.82, 2.24) is 29.4 Å². The van der Waals surface area contributed by atoms with Crippen molar-refractivity contribution in [1.29, 1.82) is 0 Å². The molecule has 0 bridgehead atoms. The van der Waals surface area contributed by atoms with Gasteiger partial charge in [-0.15, -0.1) is 0 Å². The number of nitrogens with one attached hydrogen (secondary N) is 3. The molecule has 0 saturated carbocycles. The van der Waals surface area contributed by atoms with Crippen molar-refractivity contribution in [2.24, 2.45) is 0 Å². The van der Waals surface area contributed by atoms with Gasteiger partial charge in [-0.2, -0.15) is 25.9 Å². The topological polar surface area (TPSA) is 171 Å². The minimum atomic E-state index is -4.64. The number of aromatic nitrogens is 2. The van der Waals surface area contributed by atoms with Crippen molar-refractivity contribution in [3.8, 4) is 11.4 Å². The van der Waals surface area contributed by atoms with Gasteiger partial charge in [0.15, 0.2) is 0 Å². The van der Waals surface area contributed by atoms with Crippen LogP contribution in [0.1, 0.15) is 39.1 Å². The first-order valence-corrected chi connectivity index (χ1v) is 19.1. The van der Waals surface area contributed by atoms with Crippen LogP contribution in [0.2, 0.25) is 10.0 Å². The van der Waals surface area contributed by atoms with E-state index in [1.807, 2.05) is 0 Å². The number of rotatable bonds is 7. The molecule has 3 saturated heterocycles. The number of hydrogen-bond donors (Lipinski definition) is 4. The first-order valence-electron chi connectivity index (χ1n) is 16.9. The number of hydrogen-bond acceptors (Lipinski definition) is 9. The number of imidazole rings is 1. The number of benzene rings is 3. The molecule has 54 heavy (non-hydrogen) atoms. The van der Waals surface area contributed by atoms with Crippen molar-refractivity contribution in [2.75, 3.05) is 48.9 Å². The van der Waals surface area contributed by atoms with E-state index in [1.54, 1.807) is 18.2 Å². The molecule has 0 aliphatic carbocycles. The standard InChI is InChI=1S/C34H31Cl2F3N8O6S/c35-18-1-4-25(23(13-18)30-40-26-12-17(34(37,38)39)11-24(36)29(26)42-30)43-54(52,53)46-9-7-44(8-10-46)20-15-45(16-20)19-2-3-21-22(14-19)33(51)47(32(21)50)27-5-6-28(48)41-31(27)49/h1-4,11-14,20,27-28,43,48H,5-10,15-16H2,(H,40,42)(H,41,49). The molecular formula is C34H31Cl2F3N8O6S. The van der Waals surface area contributed by atoms with E-state index in [4.69, 9.17) is 23.2 Å². The summed E-state index contributed by atoms with van der Waals surface area (Å²) in [6.45, 7) is 2.48. The van der Waals surface area contributed by atoms with E-state index in [0.717, 1.165) is 22.7 Å². The maximum absolute atomic E-state index is 13.6. The van der Waals surface area contributed by atoms with Gasteiger partial charge < -0.3 is 20.3 Å². The van der Waals surface area contributed by atoms with Gasteiger partial charge in [-0.1, -0.05) is 23.2 Å². The molecule has 0 radical (unpaired) electrons. The van der Waals surface area contributed by atoms with Gasteiger partial charge in [-0.25, -0.2) is 4.98 Å². The lowest BCUT2D eigenvalue weighted by Crippen LogP contribution is -2.63. The minimum absolute atomic E-state index is 0.0167. The van der Waals surface area contributed by atoms with Crippen LogP contribution in [0.5, 0.6) is 0 Å². The summed E-state index contributed by atoms with van der Waals surface area (Å²) in [6, 6.07) is 10.2. The third-order valence-electron chi connectivity index (χ3n) is 10.2. The second kappa shape index (κ2) is 13.4. The Balaban J connectivity index is 0.900. The number of carbonyl (C=O) groups excluding carboxylic acids is 3. The number of amides is 3. The zero-order valence-electron chi connectivity index (χ0n) is 28.0. The molecule has 3 amide bonds. The number of carbonyl (C=O) groups is 3. The first kappa shape index (κ1) is 36.5. The largest absolute Gasteiger partial charge is 0.416 e. The predicted octanol–water partition coefficient (Wildman–Crippen LogP) is 3.91. The van der Waals surface area contributed by atoms with E-state index < -0.39 is 51.9 Å². The normalized spacial score (nSPS) is 21.8. The molecule has 8 rings (SSSR count). The number of piperazine rings is 1. The summed E-state index contributed by atoms with van der Waals surface area (Å²) in [6.07, 6.45) is -5.25. The van der Waals surface area contributed by atoms with Crippen LogP contribution in [0.15, 0.2) is 48.5 Å². The second-order valence-electron chi connectivity index (χ2n) is 13.6. The molecular weight excluding hydrogens is 776 g/mol. The van der Waals surface area contributed by atoms with Gasteiger partial charge in [0.05, 0.1) is 32.9 Å². The van der Waals surface area contributed by atoms with Crippen LogP contribution in [-0.2, 0) is 21.2 Å². The summed E-state index contributed by atoms with van der Waals surface area (Å²) in [5.41, 5.74) is 0.642. The monoisotopic (exact) mass is 806 g/mol. The number of nitrogens with zero attached hydrogens (tertiary/aromatic N) is 5. The van der Waals surface area contributed by atoms with Crippen LogP contribution in [0, 0.1) is 0 Å². The lowest BCUT2D eigenvalue weighted by atomic mass is 10.0. The number of piperidine rings is 1. The summed E-state index contributed by atoms with van der Waals surface area (Å²) in [7, 11) is -4.08. The van der Waals surface area contributed by atoms with Gasteiger partial charge in [0.1, 0.15) is 23.6 Å². The highest BCUT2D eigenvalue weighted by Gasteiger charge is 2.45. The molecule has 20 heteroatoms. The van der Waals surface area contributed by atoms with E-state index in [9.17, 15) is 41.1 Å². The van der Waals surface area contributed by atoms with Crippen molar-refractivity contribution in [3.63, 3.8) is 0 Å². The van der Waals surface area contributed by atoms with Crippen LogP contribution in [0.25, 0.3) is 22.4 Å². The molecule has 3 aromatic carbocycles. The van der Waals surface area contributed by atoms with E-state index in [-0.39, 0.29) is 81.3 Å². The van der Waals surface area contributed by atoms with Crippen molar-refractivity contribution >= 4 is 73.5 Å². The minimum Gasteiger partial charge on any atom is -0.374 e. The Bertz CT molecular complexity index is 2330. The molecule has 4 aromatic rings. The molecule has 2 atom stereocenters. The number of anilines is 2. The zero-order chi connectivity index (χ0) is 38.3. The third-order valence-corrected chi connectivity index (χ3v) is 12.3. The summed E-state index contributed by atoms with van der Waals surface area (Å²) < 4.78 is 71.3. The Morgan fingerprint density at radius 3 is 2.31 bits per heavy atom. The van der Waals surface area contributed by atoms with Crippen molar-refractivity contribution in [2.45, 2.75) is 37.3 Å². The number of H-pyrrole nitrogens is 1. The quantitative estimate of drug-likeness (QED) is 0.202. The number of aromatic amines is 1. The molecule has 284 valence electrons. The number of halogens is 5. The van der Waals surface area contributed by atoms with E-state index >= 15 is 0 Å². The molecule has 4 aliphatic heterocycles. The molecule has 3 fully saturated rings. The SMILES string of the molecule is O=C1NC(O)CCC1N1C(=O)c2ccc(N3CC(N4CCN(S(=O)(=O)Nc5ccc(Cl)cc5-c5nc6c(Cl)cc(C(F)(F)F)cc6[nH]5)CC4)C3)cc2C1=O. The Labute approximate surface area is 316 Å². The molecule has 5 heterocycles. The highest BCUT2D eigenvalue weighted by atomic mass is 35.5. The van der Waals surface area contributed by atoms with Gasteiger partial charge >= 0.3 is 16.4 Å². The Morgan fingerprint density at radius 1 is 0.889 bits per heavy atom. The number of alkyl halides is 3. The fourth-order valence-electron chi connectivity index (χ4n) is 7.33. The van der Waals surface area contributed by atoms with Crippen molar-refractivity contribution < 1.29 is 41.1 Å². The van der Waals surface area contributed by atoms with E-state index in [1.165, 1.54) is 22.5 Å². The highest BCUT2D eigenvalue weighted by Crippen LogP contribution is 2.38. The number of aliphatic hydroxyl groups excluding tert-OH is 1. The summed E-state index contributed by atoms with van der Waals surface area (Å²) in [5.74, 6) is -1.60. The molecule has 0 spiro atoms. The van der Waals surface area contributed by atoms with Crippen molar-refractivity contribution in [3.05, 3.63) is 75.3 Å². The highest BCUT2D eigenvalue weighted by molar-refractivity contribution is 7.90. The van der Waals surface area contributed by atoms with E-state index in [0.29, 0.717) is 26.2 Å². The van der Waals surface area contributed by atoms with Crippen LogP contribution >= 0.6 is 23.2 Å². The lowest BCUT2D eigenvalue weighted by molar-refractivity contribution is -0.137. The molecule has 2 unspecified atom stereocenters. The van der Waals surface area contributed by atoms with Gasteiger partial charge in [-0.3, -0.25) is 28.9 Å². The summed E-state index contributed by atoms with van der Waals surface area (Å²) in [5, 5.41) is 12.1. The average molecular weight is 808 g/mol. The predicted molar refractivity (Wildman–Crippen MR) is 192 cm³/mol. The average Bonchev–Trinajstić information content (AvgIpc) is 3.64. The van der Waals surface area contributed by atoms with Gasteiger partial charge in [-0.05, 0) is 61.4 Å². The first-order chi connectivity index (χ1) is 25.6. The van der Waals surface area contributed by atoms with Crippen LogP contribution < -0.4 is 14.9 Å². The molecule has 1 aromatic heterocycles. The number of fused-ring (bicyclic) bond motifs is 2. The Morgan fingerprint density at radius 2 is 1.61 bits per heavy atom. The molecule has 14 nitrogen and oxygen atoms in total. The van der Waals surface area contributed by atoms with Crippen LogP contribution in [0.4, 0.5) is 24.5 Å². The Kier molecular flexibility index (Phi) is 9.05. The fourth-order valence-corrected chi connectivity index (χ4v) is 8.99. The number of aliphatic hydroxyl groups is 1. The van der Waals surface area contributed by atoms with Gasteiger partial charge in [0.25, 0.3) is 11.8 Å². The maximum atomic E-state index is 13.6. The van der Waals surface area contributed by atoms with Crippen LogP contribution in [0.3, 0.4) is 0 Å². The van der Waals surface area contributed by atoms with E-state index in [2.05, 4.69) is 29.8 Å². The van der Waals surface area contributed by atoms with Crippen LogP contribution in [-0.4, -0.2) is 113 Å². The Hall–Kier alpha value is -4.46. The smallest absolute Gasteiger partial charge is 0.374 e. The van der Waals surface area contributed by atoms with Gasteiger partial charge in [0.2, 0.25) is 5.91 Å². The lowest BCUT2D eigenvalue weighted by Gasteiger charge is -2.49. The maximum Gasteiger partial charge on any atom is 0.416 e. The summed E-state index contributed by atoms with van der Waals surface area (Å²) in [4.78, 5) is 51.2.